The van der Waals surface area contributed by atoms with E-state index in [4.69, 9.17) is 4.74 Å². The summed E-state index contributed by atoms with van der Waals surface area (Å²) in [4.78, 5) is 8.73. The number of methoxy groups -OCH3 is 1. The van der Waals surface area contributed by atoms with Crippen LogP contribution in [0, 0.1) is 12.8 Å². The molecule has 0 amide bonds. The summed E-state index contributed by atoms with van der Waals surface area (Å²) in [6, 6.07) is 0. The number of aliphatic hydroxyl groups is 1. The molecular formula is C12H18N2O2. The van der Waals surface area contributed by atoms with Gasteiger partial charge in [0.05, 0.1) is 6.10 Å². The first-order valence-corrected chi connectivity index (χ1v) is 5.67. The number of hydrogen-bond acceptors (Lipinski definition) is 4. The van der Waals surface area contributed by atoms with E-state index in [0.29, 0.717) is 5.92 Å². The van der Waals surface area contributed by atoms with E-state index in [1.165, 1.54) is 12.8 Å². The van der Waals surface area contributed by atoms with Gasteiger partial charge >= 0.3 is 0 Å². The lowest BCUT2D eigenvalue weighted by Crippen LogP contribution is -2.11. The van der Waals surface area contributed by atoms with Gasteiger partial charge in [-0.25, -0.2) is 9.97 Å². The van der Waals surface area contributed by atoms with E-state index >= 15 is 0 Å². The monoisotopic (exact) mass is 222 g/mol. The van der Waals surface area contributed by atoms with Crippen molar-refractivity contribution in [1.82, 2.24) is 9.97 Å². The summed E-state index contributed by atoms with van der Waals surface area (Å²) >= 11 is 0. The van der Waals surface area contributed by atoms with Gasteiger partial charge in [-0.15, -0.1) is 0 Å². The van der Waals surface area contributed by atoms with Crippen LogP contribution in [0.1, 0.15) is 49.1 Å². The third-order valence-corrected chi connectivity index (χ3v) is 3.04. The second-order valence-electron chi connectivity index (χ2n) is 4.44. The zero-order chi connectivity index (χ0) is 11.7. The molecule has 1 saturated carbocycles. The first kappa shape index (κ1) is 11.5. The fraction of sp³-hybridized carbons (Fsp3) is 0.667. The van der Waals surface area contributed by atoms with Crippen molar-refractivity contribution in [2.75, 3.05) is 7.11 Å². The maximum absolute atomic E-state index is 9.50. The van der Waals surface area contributed by atoms with Crippen LogP contribution < -0.4 is 0 Å². The van der Waals surface area contributed by atoms with E-state index in [1.807, 2.05) is 6.92 Å². The number of aliphatic hydroxyl groups excluding tert-OH is 1. The van der Waals surface area contributed by atoms with Crippen molar-refractivity contribution in [3.8, 4) is 0 Å². The fourth-order valence-electron chi connectivity index (χ4n) is 1.95. The molecule has 2 unspecified atom stereocenters. The normalized spacial score (nSPS) is 19.5. The highest BCUT2D eigenvalue weighted by Crippen LogP contribution is 2.41. The van der Waals surface area contributed by atoms with Gasteiger partial charge in [-0.2, -0.15) is 0 Å². The SMILES string of the molecule is COC(c1ncc(C(C)O)c(C)n1)C1CC1. The molecule has 2 rings (SSSR count). The number of nitrogens with zero attached hydrogens (tertiary/aromatic N) is 2. The highest BCUT2D eigenvalue weighted by molar-refractivity contribution is 5.19. The summed E-state index contributed by atoms with van der Waals surface area (Å²) in [5, 5.41) is 9.50. The van der Waals surface area contributed by atoms with E-state index in [2.05, 4.69) is 9.97 Å². The summed E-state index contributed by atoms with van der Waals surface area (Å²) in [6.45, 7) is 3.62. The molecule has 0 aromatic carbocycles. The first-order valence-electron chi connectivity index (χ1n) is 5.67. The molecule has 1 heterocycles. The minimum atomic E-state index is -0.518. The molecule has 0 radical (unpaired) electrons. The highest BCUT2D eigenvalue weighted by Gasteiger charge is 2.34. The zero-order valence-corrected chi connectivity index (χ0v) is 9.97. The van der Waals surface area contributed by atoms with Crippen LogP contribution in [-0.2, 0) is 4.74 Å². The third-order valence-electron chi connectivity index (χ3n) is 3.04. The Morgan fingerprint density at radius 3 is 2.62 bits per heavy atom. The molecule has 1 aliphatic carbocycles. The van der Waals surface area contributed by atoms with Crippen LogP contribution in [0.3, 0.4) is 0 Å². The Labute approximate surface area is 95.7 Å². The topological polar surface area (TPSA) is 55.2 Å². The minimum Gasteiger partial charge on any atom is -0.389 e. The van der Waals surface area contributed by atoms with E-state index in [1.54, 1.807) is 20.2 Å². The molecular weight excluding hydrogens is 204 g/mol. The summed E-state index contributed by atoms with van der Waals surface area (Å²) < 4.78 is 5.43. The van der Waals surface area contributed by atoms with Gasteiger partial charge in [0.2, 0.25) is 0 Å². The maximum atomic E-state index is 9.50. The second kappa shape index (κ2) is 4.47. The van der Waals surface area contributed by atoms with Gasteiger partial charge < -0.3 is 9.84 Å². The summed E-state index contributed by atoms with van der Waals surface area (Å²) in [5.41, 5.74) is 1.62. The lowest BCUT2D eigenvalue weighted by atomic mass is 10.1. The zero-order valence-electron chi connectivity index (χ0n) is 9.97. The third kappa shape index (κ3) is 2.23. The predicted octanol–water partition coefficient (Wildman–Crippen LogP) is 1.94. The van der Waals surface area contributed by atoms with Gasteiger partial charge in [0.25, 0.3) is 0 Å². The van der Waals surface area contributed by atoms with Crippen LogP contribution >= 0.6 is 0 Å². The molecule has 0 bridgehead atoms. The van der Waals surface area contributed by atoms with Crippen LogP contribution in [0.4, 0.5) is 0 Å². The van der Waals surface area contributed by atoms with Gasteiger partial charge in [0, 0.05) is 24.6 Å². The molecule has 1 N–H and O–H groups in total. The molecule has 1 aromatic heterocycles. The van der Waals surface area contributed by atoms with Crippen molar-refractivity contribution < 1.29 is 9.84 Å². The summed E-state index contributed by atoms with van der Waals surface area (Å²) in [6.07, 6.45) is 3.59. The van der Waals surface area contributed by atoms with Crippen LogP contribution in [0.25, 0.3) is 0 Å². The Hall–Kier alpha value is -1.00. The maximum Gasteiger partial charge on any atom is 0.157 e. The summed E-state index contributed by atoms with van der Waals surface area (Å²) in [7, 11) is 1.70. The number of rotatable bonds is 4. The Balaban J connectivity index is 2.25. The smallest absolute Gasteiger partial charge is 0.157 e. The van der Waals surface area contributed by atoms with Gasteiger partial charge in [-0.3, -0.25) is 0 Å². The van der Waals surface area contributed by atoms with E-state index in [-0.39, 0.29) is 6.10 Å². The Morgan fingerprint density at radius 2 is 2.19 bits per heavy atom. The van der Waals surface area contributed by atoms with Crippen molar-refractivity contribution in [1.29, 1.82) is 0 Å². The number of ether oxygens (including phenoxy) is 1. The predicted molar refractivity (Wildman–Crippen MR) is 59.9 cm³/mol. The van der Waals surface area contributed by atoms with Crippen molar-refractivity contribution in [3.05, 3.63) is 23.3 Å². The van der Waals surface area contributed by atoms with Crippen LogP contribution in [0.5, 0.6) is 0 Å². The molecule has 4 nitrogen and oxygen atoms in total. The van der Waals surface area contributed by atoms with Crippen molar-refractivity contribution in [3.63, 3.8) is 0 Å². The molecule has 88 valence electrons. The quantitative estimate of drug-likeness (QED) is 0.845. The number of aromatic nitrogens is 2. The second-order valence-corrected chi connectivity index (χ2v) is 4.44. The van der Waals surface area contributed by atoms with Gasteiger partial charge in [0.15, 0.2) is 5.82 Å². The molecule has 4 heteroatoms. The highest BCUT2D eigenvalue weighted by atomic mass is 16.5. The molecule has 1 aromatic rings. The average Bonchev–Trinajstić information content (AvgIpc) is 3.02. The van der Waals surface area contributed by atoms with Gasteiger partial charge in [0.1, 0.15) is 6.10 Å². The fourth-order valence-corrected chi connectivity index (χ4v) is 1.95. The molecule has 1 fully saturated rings. The lowest BCUT2D eigenvalue weighted by molar-refractivity contribution is 0.0768. The van der Waals surface area contributed by atoms with Crippen LogP contribution in [-0.4, -0.2) is 22.2 Å². The van der Waals surface area contributed by atoms with E-state index < -0.39 is 6.10 Å². The minimum absolute atomic E-state index is 0.0155. The van der Waals surface area contributed by atoms with Crippen molar-refractivity contribution >= 4 is 0 Å². The van der Waals surface area contributed by atoms with Gasteiger partial charge in [-0.05, 0) is 32.6 Å². The van der Waals surface area contributed by atoms with E-state index in [9.17, 15) is 5.11 Å². The Morgan fingerprint density at radius 1 is 1.50 bits per heavy atom. The number of aryl methyl sites for hydroxylation is 1. The Kier molecular flexibility index (Phi) is 3.21. The van der Waals surface area contributed by atoms with Crippen molar-refractivity contribution in [2.45, 2.75) is 38.9 Å². The Bertz CT molecular complexity index is 375. The summed E-state index contributed by atoms with van der Waals surface area (Å²) in [5.74, 6) is 1.31. The first-order chi connectivity index (χ1) is 7.63. The van der Waals surface area contributed by atoms with E-state index in [0.717, 1.165) is 17.1 Å². The molecule has 16 heavy (non-hydrogen) atoms. The molecule has 2 atom stereocenters. The molecule has 0 saturated heterocycles. The van der Waals surface area contributed by atoms with Crippen LogP contribution in [0.2, 0.25) is 0 Å². The van der Waals surface area contributed by atoms with Crippen molar-refractivity contribution in [2.24, 2.45) is 5.92 Å². The molecule has 1 aliphatic rings. The largest absolute Gasteiger partial charge is 0.389 e. The standard InChI is InChI=1S/C12H18N2O2/c1-7-10(8(2)15)6-13-12(14-7)11(16-3)9-4-5-9/h6,8-9,11,15H,4-5H2,1-3H3. The molecule has 0 spiro atoms. The number of hydrogen-bond donors (Lipinski definition) is 1. The van der Waals surface area contributed by atoms with Crippen LogP contribution in [0.15, 0.2) is 6.20 Å². The van der Waals surface area contributed by atoms with Gasteiger partial charge in [-0.1, -0.05) is 0 Å². The average molecular weight is 222 g/mol. The molecule has 0 aliphatic heterocycles. The lowest BCUT2D eigenvalue weighted by Gasteiger charge is -2.15.